The van der Waals surface area contributed by atoms with Crippen LogP contribution in [0.15, 0.2) is 65.3 Å². The zero-order chi connectivity index (χ0) is 27.2. The maximum absolute atomic E-state index is 12.9. The van der Waals surface area contributed by atoms with Crippen molar-refractivity contribution < 1.29 is 18.8 Å². The SMILES string of the molecule is Cc1ccccc1N1CCN(c2ccc(C(=O)NCCCN3CCNC3=O)cc2NC(=O)c2ccco2)CC1. The van der Waals surface area contributed by atoms with Crippen LogP contribution in [0.2, 0.25) is 0 Å². The molecule has 3 aromatic rings. The van der Waals surface area contributed by atoms with Gasteiger partial charge in [-0.05, 0) is 55.3 Å². The first-order valence-corrected chi connectivity index (χ1v) is 13.3. The van der Waals surface area contributed by atoms with E-state index in [0.717, 1.165) is 31.9 Å². The molecule has 2 saturated heterocycles. The van der Waals surface area contributed by atoms with Crippen LogP contribution in [0.1, 0.15) is 32.9 Å². The Morgan fingerprint density at radius 3 is 2.38 bits per heavy atom. The molecule has 0 unspecified atom stereocenters. The number of rotatable bonds is 9. The molecule has 2 aromatic carbocycles. The van der Waals surface area contributed by atoms with Crippen molar-refractivity contribution in [3.8, 4) is 0 Å². The minimum atomic E-state index is -0.374. The van der Waals surface area contributed by atoms with Crippen molar-refractivity contribution in [2.24, 2.45) is 0 Å². The van der Waals surface area contributed by atoms with E-state index in [1.807, 2.05) is 12.1 Å². The third-order valence-corrected chi connectivity index (χ3v) is 7.16. The molecule has 0 spiro atoms. The smallest absolute Gasteiger partial charge is 0.317 e. The van der Waals surface area contributed by atoms with Crippen LogP contribution < -0.4 is 25.8 Å². The molecule has 1 aromatic heterocycles. The summed E-state index contributed by atoms with van der Waals surface area (Å²) in [6.07, 6.45) is 2.11. The molecule has 10 nitrogen and oxygen atoms in total. The summed E-state index contributed by atoms with van der Waals surface area (Å²) in [4.78, 5) is 43.8. The summed E-state index contributed by atoms with van der Waals surface area (Å²) in [6, 6.07) is 17.0. The molecule has 3 N–H and O–H groups in total. The predicted octanol–water partition coefficient (Wildman–Crippen LogP) is 3.31. The molecule has 5 rings (SSSR count). The van der Waals surface area contributed by atoms with Crippen molar-refractivity contribution in [3.63, 3.8) is 0 Å². The second-order valence-corrected chi connectivity index (χ2v) is 9.75. The van der Waals surface area contributed by atoms with Crippen LogP contribution in [-0.4, -0.2) is 75.1 Å². The van der Waals surface area contributed by atoms with Crippen LogP contribution >= 0.6 is 0 Å². The second kappa shape index (κ2) is 11.9. The number of amides is 4. The van der Waals surface area contributed by atoms with E-state index in [9.17, 15) is 14.4 Å². The number of carbonyl (C=O) groups excluding carboxylic acids is 3. The normalized spacial score (nSPS) is 15.3. The Morgan fingerprint density at radius 1 is 0.923 bits per heavy atom. The van der Waals surface area contributed by atoms with E-state index in [2.05, 4.69) is 50.9 Å². The van der Waals surface area contributed by atoms with Crippen molar-refractivity contribution >= 4 is 34.9 Å². The van der Waals surface area contributed by atoms with Crippen molar-refractivity contribution in [2.45, 2.75) is 13.3 Å². The van der Waals surface area contributed by atoms with Gasteiger partial charge < -0.3 is 35.1 Å². The predicted molar refractivity (Wildman–Crippen MR) is 151 cm³/mol. The van der Waals surface area contributed by atoms with E-state index >= 15 is 0 Å². The zero-order valence-electron chi connectivity index (χ0n) is 22.1. The summed E-state index contributed by atoms with van der Waals surface area (Å²) in [5.74, 6) is -0.405. The van der Waals surface area contributed by atoms with Gasteiger partial charge in [0.05, 0.1) is 17.6 Å². The topological polar surface area (TPSA) is 110 Å². The number of anilines is 3. The Labute approximate surface area is 227 Å². The lowest BCUT2D eigenvalue weighted by molar-refractivity contribution is 0.0950. The first-order chi connectivity index (χ1) is 19.0. The van der Waals surface area contributed by atoms with Gasteiger partial charge in [0.15, 0.2) is 5.76 Å². The number of carbonyl (C=O) groups is 3. The average Bonchev–Trinajstić information content (AvgIpc) is 3.64. The standard InChI is InChI=1S/C29H34N6O4/c1-21-6-2-3-7-24(21)33-15-17-34(18-16-33)25-10-9-22(20-23(25)32-28(37)26-8-4-19-39-26)27(36)30-11-5-13-35-14-12-31-29(35)38/h2-4,6-10,19-20H,5,11-18H2,1H3,(H,30,36)(H,31,38)(H,32,37). The first kappa shape index (κ1) is 26.1. The van der Waals surface area contributed by atoms with Gasteiger partial charge in [-0.15, -0.1) is 0 Å². The largest absolute Gasteiger partial charge is 0.459 e. The van der Waals surface area contributed by atoms with E-state index in [4.69, 9.17) is 4.42 Å². The molecule has 0 atom stereocenters. The number of hydrogen-bond donors (Lipinski definition) is 3. The number of urea groups is 1. The van der Waals surface area contributed by atoms with Gasteiger partial charge in [-0.25, -0.2) is 4.79 Å². The summed E-state index contributed by atoms with van der Waals surface area (Å²) >= 11 is 0. The number of nitrogens with zero attached hydrogens (tertiary/aromatic N) is 3. The highest BCUT2D eigenvalue weighted by Gasteiger charge is 2.23. The van der Waals surface area contributed by atoms with Gasteiger partial charge in [-0.2, -0.15) is 0 Å². The summed E-state index contributed by atoms with van der Waals surface area (Å²) in [5, 5.41) is 8.65. The minimum absolute atomic E-state index is 0.0615. The first-order valence-electron chi connectivity index (χ1n) is 13.3. The van der Waals surface area contributed by atoms with E-state index in [-0.39, 0.29) is 23.6 Å². The van der Waals surface area contributed by atoms with Crippen molar-refractivity contribution in [2.75, 3.05) is 67.5 Å². The Balaban J connectivity index is 1.27. The average molecular weight is 531 g/mol. The van der Waals surface area contributed by atoms with E-state index in [1.54, 1.807) is 29.2 Å². The maximum Gasteiger partial charge on any atom is 0.317 e. The van der Waals surface area contributed by atoms with Gasteiger partial charge in [0.2, 0.25) is 0 Å². The minimum Gasteiger partial charge on any atom is -0.459 e. The maximum atomic E-state index is 12.9. The van der Waals surface area contributed by atoms with Gasteiger partial charge in [0, 0.05) is 63.6 Å². The summed E-state index contributed by atoms with van der Waals surface area (Å²) in [6.45, 7) is 7.72. The number of nitrogens with one attached hydrogen (secondary N) is 3. The zero-order valence-corrected chi connectivity index (χ0v) is 22.1. The van der Waals surface area contributed by atoms with Gasteiger partial charge in [0.25, 0.3) is 11.8 Å². The highest BCUT2D eigenvalue weighted by atomic mass is 16.3. The highest BCUT2D eigenvalue weighted by Crippen LogP contribution is 2.30. The number of hydrogen-bond acceptors (Lipinski definition) is 6. The van der Waals surface area contributed by atoms with E-state index in [0.29, 0.717) is 43.9 Å². The fourth-order valence-electron chi connectivity index (χ4n) is 5.05. The molecule has 4 amide bonds. The summed E-state index contributed by atoms with van der Waals surface area (Å²) in [7, 11) is 0. The molecule has 0 aliphatic carbocycles. The number of piperazine rings is 1. The molecule has 204 valence electrons. The van der Waals surface area contributed by atoms with Gasteiger partial charge in [-0.1, -0.05) is 18.2 Å². The molecule has 2 fully saturated rings. The molecule has 2 aliphatic rings. The summed E-state index contributed by atoms with van der Waals surface area (Å²) < 4.78 is 5.28. The van der Waals surface area contributed by atoms with Crippen molar-refractivity contribution in [1.82, 2.24) is 15.5 Å². The second-order valence-electron chi connectivity index (χ2n) is 9.75. The van der Waals surface area contributed by atoms with E-state index < -0.39 is 0 Å². The molecule has 39 heavy (non-hydrogen) atoms. The Bertz CT molecular complexity index is 1320. The molecular weight excluding hydrogens is 496 g/mol. The number of para-hydroxylation sites is 1. The highest BCUT2D eigenvalue weighted by molar-refractivity contribution is 6.05. The molecule has 3 heterocycles. The lowest BCUT2D eigenvalue weighted by Gasteiger charge is -2.38. The lowest BCUT2D eigenvalue weighted by Crippen LogP contribution is -2.47. The number of aryl methyl sites for hydroxylation is 1. The van der Waals surface area contributed by atoms with Crippen LogP contribution in [0.5, 0.6) is 0 Å². The molecule has 10 heteroatoms. The molecule has 0 radical (unpaired) electrons. The quantitative estimate of drug-likeness (QED) is 0.366. The van der Waals surface area contributed by atoms with Gasteiger partial charge >= 0.3 is 6.03 Å². The van der Waals surface area contributed by atoms with Crippen molar-refractivity contribution in [3.05, 3.63) is 77.7 Å². The fraction of sp³-hybridized carbons (Fsp3) is 0.345. The summed E-state index contributed by atoms with van der Waals surface area (Å²) in [5.41, 5.74) is 4.35. The molecule has 0 bridgehead atoms. The Kier molecular flexibility index (Phi) is 8.00. The fourth-order valence-corrected chi connectivity index (χ4v) is 5.05. The van der Waals surface area contributed by atoms with Crippen molar-refractivity contribution in [1.29, 1.82) is 0 Å². The van der Waals surface area contributed by atoms with Crippen LogP contribution in [-0.2, 0) is 0 Å². The van der Waals surface area contributed by atoms with Crippen LogP contribution in [0, 0.1) is 6.92 Å². The molecule has 2 aliphatic heterocycles. The number of benzene rings is 2. The third kappa shape index (κ3) is 6.17. The Morgan fingerprint density at radius 2 is 1.69 bits per heavy atom. The van der Waals surface area contributed by atoms with E-state index in [1.165, 1.54) is 17.5 Å². The third-order valence-electron chi connectivity index (χ3n) is 7.16. The lowest BCUT2D eigenvalue weighted by atomic mass is 10.1. The molecular formula is C29H34N6O4. The number of furan rings is 1. The van der Waals surface area contributed by atoms with Crippen LogP contribution in [0.4, 0.5) is 21.9 Å². The van der Waals surface area contributed by atoms with Gasteiger partial charge in [-0.3, -0.25) is 9.59 Å². The van der Waals surface area contributed by atoms with Gasteiger partial charge in [0.1, 0.15) is 0 Å². The molecule has 0 saturated carbocycles. The van der Waals surface area contributed by atoms with Crippen LogP contribution in [0.25, 0.3) is 0 Å². The Hall–Kier alpha value is -4.47. The van der Waals surface area contributed by atoms with Crippen LogP contribution in [0.3, 0.4) is 0 Å². The monoisotopic (exact) mass is 530 g/mol.